The van der Waals surface area contributed by atoms with Crippen LogP contribution in [0.4, 0.5) is 0 Å². The van der Waals surface area contributed by atoms with Crippen LogP contribution >= 0.6 is 0 Å². The van der Waals surface area contributed by atoms with Crippen LogP contribution in [-0.4, -0.2) is 23.6 Å². The van der Waals surface area contributed by atoms with Gasteiger partial charge in [0.25, 0.3) is 0 Å². The number of aromatic nitrogens is 1. The van der Waals surface area contributed by atoms with E-state index in [1.54, 1.807) is 6.20 Å². The fraction of sp³-hybridized carbons (Fsp3) is 0.353. The molecule has 3 rings (SSSR count). The van der Waals surface area contributed by atoms with Gasteiger partial charge in [-0.25, -0.2) is 4.79 Å². The molecule has 1 aromatic carbocycles. The van der Waals surface area contributed by atoms with Crippen LogP contribution in [0.3, 0.4) is 0 Å². The van der Waals surface area contributed by atoms with Gasteiger partial charge in [0.05, 0.1) is 17.9 Å². The smallest absolute Gasteiger partial charge is 0.341 e. The van der Waals surface area contributed by atoms with E-state index in [1.807, 2.05) is 25.1 Å². The third-order valence-electron chi connectivity index (χ3n) is 3.99. The molecule has 1 aliphatic rings. The second kappa shape index (κ2) is 5.64. The highest BCUT2D eigenvalue weighted by Gasteiger charge is 2.25. The Kier molecular flexibility index (Phi) is 3.69. The molecule has 0 saturated carbocycles. The van der Waals surface area contributed by atoms with Crippen molar-refractivity contribution in [3.8, 4) is 0 Å². The largest absolute Gasteiger partial charge is 0.462 e. The fourth-order valence-electron chi connectivity index (χ4n) is 2.85. The number of benzene rings is 1. The first-order valence-corrected chi connectivity index (χ1v) is 7.47. The maximum atomic E-state index is 12.2. The summed E-state index contributed by atoms with van der Waals surface area (Å²) >= 11 is 0. The van der Waals surface area contributed by atoms with Gasteiger partial charge >= 0.3 is 5.97 Å². The molecule has 0 fully saturated rings. The highest BCUT2D eigenvalue weighted by molar-refractivity contribution is 6.17. The van der Waals surface area contributed by atoms with Crippen LogP contribution in [0.15, 0.2) is 30.5 Å². The second-order valence-corrected chi connectivity index (χ2v) is 5.28. The highest BCUT2D eigenvalue weighted by Crippen LogP contribution is 2.31. The third kappa shape index (κ3) is 2.42. The van der Waals surface area contributed by atoms with Gasteiger partial charge in [-0.15, -0.1) is 0 Å². The van der Waals surface area contributed by atoms with Gasteiger partial charge in [-0.05, 0) is 31.4 Å². The van der Waals surface area contributed by atoms with Gasteiger partial charge in [0.1, 0.15) is 0 Å². The Hall–Kier alpha value is -2.23. The molecule has 4 heteroatoms. The number of nitrogens with one attached hydrogen (secondary N) is 2. The number of esters is 1. The van der Waals surface area contributed by atoms with Crippen molar-refractivity contribution in [2.45, 2.75) is 32.7 Å². The van der Waals surface area contributed by atoms with E-state index in [9.17, 15) is 4.79 Å². The predicted molar refractivity (Wildman–Crippen MR) is 83.8 cm³/mol. The van der Waals surface area contributed by atoms with E-state index >= 15 is 0 Å². The molecule has 0 bridgehead atoms. The van der Waals surface area contributed by atoms with Crippen molar-refractivity contribution in [3.05, 3.63) is 41.7 Å². The summed E-state index contributed by atoms with van der Waals surface area (Å²) in [7, 11) is 0. The monoisotopic (exact) mass is 284 g/mol. The van der Waals surface area contributed by atoms with Crippen LogP contribution in [0.25, 0.3) is 16.5 Å². The zero-order valence-electron chi connectivity index (χ0n) is 12.4. The molecule has 1 aromatic heterocycles. The van der Waals surface area contributed by atoms with Gasteiger partial charge in [-0.1, -0.05) is 25.1 Å². The molecule has 1 aliphatic heterocycles. The summed E-state index contributed by atoms with van der Waals surface area (Å²) < 4.78 is 5.19. The Morgan fingerprint density at radius 3 is 2.90 bits per heavy atom. The molecule has 110 valence electrons. The van der Waals surface area contributed by atoms with Gasteiger partial charge in [0.15, 0.2) is 0 Å². The molecule has 21 heavy (non-hydrogen) atoms. The van der Waals surface area contributed by atoms with E-state index in [-0.39, 0.29) is 5.97 Å². The summed E-state index contributed by atoms with van der Waals surface area (Å²) in [5.74, 6) is -0.283. The van der Waals surface area contributed by atoms with Crippen LogP contribution in [0.1, 0.15) is 31.5 Å². The van der Waals surface area contributed by atoms with E-state index < -0.39 is 0 Å². The molecule has 2 heterocycles. The molecule has 1 unspecified atom stereocenters. The number of rotatable bonds is 3. The Bertz CT molecular complexity index is 700. The zero-order valence-corrected chi connectivity index (χ0v) is 12.4. The van der Waals surface area contributed by atoms with Gasteiger partial charge in [0.2, 0.25) is 0 Å². The van der Waals surface area contributed by atoms with E-state index in [0.717, 1.165) is 24.1 Å². The van der Waals surface area contributed by atoms with Crippen LogP contribution in [0.2, 0.25) is 0 Å². The summed E-state index contributed by atoms with van der Waals surface area (Å²) in [4.78, 5) is 15.6. The molecule has 0 amide bonds. The minimum atomic E-state index is -0.283. The summed E-state index contributed by atoms with van der Waals surface area (Å²) in [6, 6.07) is 8.51. The van der Waals surface area contributed by atoms with Crippen molar-refractivity contribution in [2.75, 3.05) is 6.61 Å². The molecule has 0 aliphatic carbocycles. The van der Waals surface area contributed by atoms with Gasteiger partial charge in [-0.3, -0.25) is 0 Å². The van der Waals surface area contributed by atoms with E-state index in [1.165, 1.54) is 10.9 Å². The molecule has 2 N–H and O–H groups in total. The minimum absolute atomic E-state index is 0.283. The standard InChI is InChI=1S/C17H20N2O2/c1-3-11-9-13-12-7-5-6-8-15(12)19-16(13)14(10-18-11)17(20)21-4-2/h5-8,10-11,18-19H,3-4,9H2,1-2H3. The molecular formula is C17H20N2O2. The average molecular weight is 284 g/mol. The Morgan fingerprint density at radius 2 is 2.14 bits per heavy atom. The maximum absolute atomic E-state index is 12.2. The summed E-state index contributed by atoms with van der Waals surface area (Å²) in [6.07, 6.45) is 3.70. The number of hydrogen-bond donors (Lipinski definition) is 2. The van der Waals surface area contributed by atoms with E-state index in [0.29, 0.717) is 18.2 Å². The first kappa shape index (κ1) is 13.7. The number of para-hydroxylation sites is 1. The number of carbonyl (C=O) groups excluding carboxylic acids is 1. The zero-order chi connectivity index (χ0) is 14.8. The van der Waals surface area contributed by atoms with Gasteiger partial charge in [-0.2, -0.15) is 0 Å². The average Bonchev–Trinajstić information content (AvgIpc) is 2.74. The molecular weight excluding hydrogens is 264 g/mol. The van der Waals surface area contributed by atoms with Crippen molar-refractivity contribution >= 4 is 22.4 Å². The third-order valence-corrected chi connectivity index (χ3v) is 3.99. The van der Waals surface area contributed by atoms with Crippen molar-refractivity contribution < 1.29 is 9.53 Å². The quantitative estimate of drug-likeness (QED) is 0.852. The number of H-pyrrole nitrogens is 1. The summed E-state index contributed by atoms with van der Waals surface area (Å²) in [5, 5.41) is 4.52. The molecule has 1 atom stereocenters. The molecule has 0 spiro atoms. The van der Waals surface area contributed by atoms with Crippen molar-refractivity contribution in [2.24, 2.45) is 0 Å². The number of fused-ring (bicyclic) bond motifs is 3. The van der Waals surface area contributed by atoms with Crippen LogP contribution < -0.4 is 5.32 Å². The first-order chi connectivity index (χ1) is 10.2. The normalized spacial score (nSPS) is 17.6. The summed E-state index contributed by atoms with van der Waals surface area (Å²) in [5.41, 5.74) is 3.73. The molecule has 4 nitrogen and oxygen atoms in total. The van der Waals surface area contributed by atoms with Gasteiger partial charge < -0.3 is 15.0 Å². The van der Waals surface area contributed by atoms with E-state index in [4.69, 9.17) is 4.74 Å². The lowest BCUT2D eigenvalue weighted by atomic mass is 10.00. The first-order valence-electron chi connectivity index (χ1n) is 7.47. The lowest BCUT2D eigenvalue weighted by Gasteiger charge is -2.12. The molecule has 0 radical (unpaired) electrons. The lowest BCUT2D eigenvalue weighted by Crippen LogP contribution is -2.25. The number of ether oxygens (including phenoxy) is 1. The number of aromatic amines is 1. The van der Waals surface area contributed by atoms with Crippen molar-refractivity contribution in [1.82, 2.24) is 10.3 Å². The van der Waals surface area contributed by atoms with Gasteiger partial charge in [0, 0.05) is 23.1 Å². The van der Waals surface area contributed by atoms with Crippen molar-refractivity contribution in [1.29, 1.82) is 0 Å². The molecule has 2 aromatic rings. The lowest BCUT2D eigenvalue weighted by molar-refractivity contribution is -0.136. The topological polar surface area (TPSA) is 54.1 Å². The fourth-order valence-corrected chi connectivity index (χ4v) is 2.85. The van der Waals surface area contributed by atoms with Crippen LogP contribution in [0.5, 0.6) is 0 Å². The predicted octanol–water partition coefficient (Wildman–Crippen LogP) is 3.00. The number of hydrogen-bond acceptors (Lipinski definition) is 3. The Labute approximate surface area is 124 Å². The maximum Gasteiger partial charge on any atom is 0.341 e. The molecule has 0 saturated heterocycles. The highest BCUT2D eigenvalue weighted by atomic mass is 16.5. The minimum Gasteiger partial charge on any atom is -0.462 e. The second-order valence-electron chi connectivity index (χ2n) is 5.28. The Balaban J connectivity index is 2.15. The SMILES string of the molecule is CCOC(=O)C1=CNC(CC)Cc2c1[nH]c1ccccc21. The Morgan fingerprint density at radius 1 is 1.33 bits per heavy atom. The van der Waals surface area contributed by atoms with Crippen molar-refractivity contribution in [3.63, 3.8) is 0 Å². The summed E-state index contributed by atoms with van der Waals surface area (Å²) in [6.45, 7) is 4.35. The number of carbonyl (C=O) groups is 1. The van der Waals surface area contributed by atoms with Crippen LogP contribution in [0, 0.1) is 0 Å². The van der Waals surface area contributed by atoms with E-state index in [2.05, 4.69) is 23.3 Å². The van der Waals surface area contributed by atoms with Crippen LogP contribution in [-0.2, 0) is 16.0 Å².